The molecule has 1 saturated carbocycles. The van der Waals surface area contributed by atoms with Gasteiger partial charge in [0.15, 0.2) is 5.58 Å². The number of carbonyl (C=O) groups excluding carboxylic acids is 1. The molecule has 1 fully saturated rings. The minimum atomic E-state index is -0.347. The Hall–Kier alpha value is -2.28. The van der Waals surface area contributed by atoms with E-state index in [-0.39, 0.29) is 11.7 Å². The van der Waals surface area contributed by atoms with Crippen LogP contribution in [-0.2, 0) is 6.42 Å². The van der Waals surface area contributed by atoms with Crippen LogP contribution in [0.1, 0.15) is 34.2 Å². The number of hydrogen-bond donors (Lipinski definition) is 1. The van der Waals surface area contributed by atoms with E-state index in [2.05, 4.69) is 15.3 Å². The van der Waals surface area contributed by atoms with Gasteiger partial charge < -0.3 is 9.73 Å². The van der Waals surface area contributed by atoms with E-state index < -0.39 is 0 Å². The molecular weight excluding hydrogens is 305 g/mol. The standard InChI is InChI=1S/C15H12FN3O2S/c16-8-1-4-12-10(5-8)18-13(21-12)6-14-19-11(7-22-14)15(20)17-9-2-3-9/h1,4-5,7,9H,2-3,6H2,(H,17,20). The third-order valence-electron chi connectivity index (χ3n) is 3.39. The molecule has 0 atom stereocenters. The van der Waals surface area contributed by atoms with Crippen molar-refractivity contribution >= 4 is 28.3 Å². The van der Waals surface area contributed by atoms with Crippen LogP contribution >= 0.6 is 11.3 Å². The van der Waals surface area contributed by atoms with Gasteiger partial charge in [-0.15, -0.1) is 11.3 Å². The van der Waals surface area contributed by atoms with Gasteiger partial charge in [0.1, 0.15) is 22.0 Å². The smallest absolute Gasteiger partial charge is 0.270 e. The van der Waals surface area contributed by atoms with Gasteiger partial charge in [0, 0.05) is 17.5 Å². The second kappa shape index (κ2) is 5.17. The molecule has 0 bridgehead atoms. The Morgan fingerprint density at radius 3 is 3.09 bits per heavy atom. The van der Waals surface area contributed by atoms with Gasteiger partial charge in [0.25, 0.3) is 5.91 Å². The number of thiazole rings is 1. The van der Waals surface area contributed by atoms with Gasteiger partial charge in [-0.3, -0.25) is 4.79 Å². The highest BCUT2D eigenvalue weighted by Crippen LogP contribution is 2.22. The van der Waals surface area contributed by atoms with Crippen LogP contribution in [0.15, 0.2) is 28.0 Å². The van der Waals surface area contributed by atoms with Gasteiger partial charge >= 0.3 is 0 Å². The largest absolute Gasteiger partial charge is 0.440 e. The molecule has 7 heteroatoms. The zero-order chi connectivity index (χ0) is 15.1. The Labute approximate surface area is 129 Å². The van der Waals surface area contributed by atoms with Gasteiger partial charge in [0.2, 0.25) is 5.89 Å². The molecule has 0 radical (unpaired) electrons. The average Bonchev–Trinajstić information content (AvgIpc) is 3.03. The highest BCUT2D eigenvalue weighted by molar-refractivity contribution is 7.09. The fraction of sp³-hybridized carbons (Fsp3) is 0.267. The molecule has 2 aromatic heterocycles. The molecule has 5 nitrogen and oxygen atoms in total. The van der Waals surface area contributed by atoms with Crippen LogP contribution in [-0.4, -0.2) is 21.9 Å². The van der Waals surface area contributed by atoms with E-state index in [1.54, 1.807) is 11.4 Å². The molecule has 1 aliphatic carbocycles. The number of benzene rings is 1. The third kappa shape index (κ3) is 2.71. The van der Waals surface area contributed by atoms with Gasteiger partial charge in [-0.25, -0.2) is 14.4 Å². The van der Waals surface area contributed by atoms with E-state index in [1.807, 2.05) is 0 Å². The fourth-order valence-corrected chi connectivity index (χ4v) is 2.90. The summed E-state index contributed by atoms with van der Waals surface area (Å²) in [5, 5.41) is 5.37. The number of halogens is 1. The maximum Gasteiger partial charge on any atom is 0.270 e. The number of hydrogen-bond acceptors (Lipinski definition) is 5. The van der Waals surface area contributed by atoms with E-state index >= 15 is 0 Å². The molecule has 22 heavy (non-hydrogen) atoms. The number of nitrogens with one attached hydrogen (secondary N) is 1. The Kier molecular flexibility index (Phi) is 3.15. The van der Waals surface area contributed by atoms with Crippen LogP contribution in [0.3, 0.4) is 0 Å². The van der Waals surface area contributed by atoms with Crippen molar-refractivity contribution in [1.82, 2.24) is 15.3 Å². The molecular formula is C15H12FN3O2S. The van der Waals surface area contributed by atoms with Crippen molar-refractivity contribution in [3.63, 3.8) is 0 Å². The summed E-state index contributed by atoms with van der Waals surface area (Å²) in [5.41, 5.74) is 1.45. The first-order valence-electron chi connectivity index (χ1n) is 6.97. The zero-order valence-electron chi connectivity index (χ0n) is 11.5. The van der Waals surface area contributed by atoms with Crippen molar-refractivity contribution in [2.75, 3.05) is 0 Å². The van der Waals surface area contributed by atoms with Crippen LogP contribution in [0.5, 0.6) is 0 Å². The van der Waals surface area contributed by atoms with Crippen molar-refractivity contribution in [2.24, 2.45) is 0 Å². The minimum Gasteiger partial charge on any atom is -0.440 e. The van der Waals surface area contributed by atoms with E-state index in [1.165, 1.54) is 23.5 Å². The Bertz CT molecular complexity index is 853. The molecule has 0 saturated heterocycles. The van der Waals surface area contributed by atoms with Crippen molar-refractivity contribution in [3.05, 3.63) is 46.0 Å². The topological polar surface area (TPSA) is 68.0 Å². The lowest BCUT2D eigenvalue weighted by molar-refractivity contribution is 0.0946. The number of oxazole rings is 1. The molecule has 1 N–H and O–H groups in total. The summed E-state index contributed by atoms with van der Waals surface area (Å²) in [6, 6.07) is 4.53. The van der Waals surface area contributed by atoms with Gasteiger partial charge in [0.05, 0.1) is 6.42 Å². The summed E-state index contributed by atoms with van der Waals surface area (Å²) in [7, 11) is 0. The van der Waals surface area contributed by atoms with Gasteiger partial charge in [-0.2, -0.15) is 0 Å². The Morgan fingerprint density at radius 2 is 2.27 bits per heavy atom. The first-order chi connectivity index (χ1) is 10.7. The SMILES string of the molecule is O=C(NC1CC1)c1csc(Cc2nc3cc(F)ccc3o2)n1. The molecule has 1 amide bonds. The summed E-state index contributed by atoms with van der Waals surface area (Å²) in [6.07, 6.45) is 2.47. The molecule has 1 aliphatic rings. The number of rotatable bonds is 4. The quantitative estimate of drug-likeness (QED) is 0.803. The lowest BCUT2D eigenvalue weighted by Gasteiger charge is -1.98. The highest BCUT2D eigenvalue weighted by atomic mass is 32.1. The molecule has 4 rings (SSSR count). The van der Waals surface area contributed by atoms with Crippen molar-refractivity contribution in [2.45, 2.75) is 25.3 Å². The number of fused-ring (bicyclic) bond motifs is 1. The molecule has 2 heterocycles. The number of amides is 1. The summed E-state index contributed by atoms with van der Waals surface area (Å²) < 4.78 is 18.7. The molecule has 0 unspecified atom stereocenters. The van der Waals surface area contributed by atoms with Crippen molar-refractivity contribution < 1.29 is 13.6 Å². The first-order valence-corrected chi connectivity index (χ1v) is 7.85. The lowest BCUT2D eigenvalue weighted by atomic mass is 10.3. The van der Waals surface area contributed by atoms with Crippen LogP contribution < -0.4 is 5.32 Å². The van der Waals surface area contributed by atoms with Crippen LogP contribution in [0, 0.1) is 5.82 Å². The third-order valence-corrected chi connectivity index (χ3v) is 4.24. The van der Waals surface area contributed by atoms with E-state index in [0.717, 1.165) is 17.8 Å². The summed E-state index contributed by atoms with van der Waals surface area (Å²) in [4.78, 5) is 20.4. The number of carbonyl (C=O) groups is 1. The second-order valence-corrected chi connectivity index (χ2v) is 6.21. The van der Waals surface area contributed by atoms with Crippen molar-refractivity contribution in [3.8, 4) is 0 Å². The molecule has 0 aliphatic heterocycles. The van der Waals surface area contributed by atoms with Gasteiger partial charge in [-0.05, 0) is 25.0 Å². The van der Waals surface area contributed by atoms with Crippen LogP contribution in [0.4, 0.5) is 4.39 Å². The number of aromatic nitrogens is 2. The van der Waals surface area contributed by atoms with Gasteiger partial charge in [-0.1, -0.05) is 0 Å². The monoisotopic (exact) mass is 317 g/mol. The molecule has 112 valence electrons. The summed E-state index contributed by atoms with van der Waals surface area (Å²) in [5.74, 6) is -0.0191. The fourth-order valence-electron chi connectivity index (χ4n) is 2.14. The molecule has 1 aromatic carbocycles. The summed E-state index contributed by atoms with van der Waals surface area (Å²) in [6.45, 7) is 0. The van der Waals surface area contributed by atoms with Crippen molar-refractivity contribution in [1.29, 1.82) is 0 Å². The Balaban J connectivity index is 1.52. The van der Waals surface area contributed by atoms with E-state index in [4.69, 9.17) is 4.42 Å². The van der Waals surface area contributed by atoms with E-state index in [0.29, 0.717) is 35.1 Å². The molecule has 0 spiro atoms. The Morgan fingerprint density at radius 1 is 1.41 bits per heavy atom. The maximum atomic E-state index is 13.1. The molecule has 3 aromatic rings. The minimum absolute atomic E-state index is 0.135. The average molecular weight is 317 g/mol. The first kappa shape index (κ1) is 13.4. The predicted molar refractivity (Wildman–Crippen MR) is 79.4 cm³/mol. The number of nitrogens with zero attached hydrogens (tertiary/aromatic N) is 2. The summed E-state index contributed by atoms with van der Waals surface area (Å²) >= 11 is 1.39. The highest BCUT2D eigenvalue weighted by Gasteiger charge is 2.24. The predicted octanol–water partition coefficient (Wildman–Crippen LogP) is 2.91. The van der Waals surface area contributed by atoms with Crippen LogP contribution in [0.2, 0.25) is 0 Å². The normalized spacial score (nSPS) is 14.4. The maximum absolute atomic E-state index is 13.1. The van der Waals surface area contributed by atoms with E-state index in [9.17, 15) is 9.18 Å². The second-order valence-electron chi connectivity index (χ2n) is 5.27. The zero-order valence-corrected chi connectivity index (χ0v) is 12.3. The van der Waals surface area contributed by atoms with Crippen LogP contribution in [0.25, 0.3) is 11.1 Å². The lowest BCUT2D eigenvalue weighted by Crippen LogP contribution is -2.25.